The fourth-order valence-electron chi connectivity index (χ4n) is 2.44. The fraction of sp³-hybridized carbons (Fsp3) is 0.429. The molecule has 1 saturated heterocycles. The first-order chi connectivity index (χ1) is 10.4. The molecule has 0 aliphatic carbocycles. The number of non-ortho nitro benzene ring substituents is 1. The highest BCUT2D eigenvalue weighted by atomic mass is 79.9. The van der Waals surface area contributed by atoms with Gasteiger partial charge in [-0.05, 0) is 18.4 Å². The van der Waals surface area contributed by atoms with Gasteiger partial charge in [0.25, 0.3) is 5.69 Å². The van der Waals surface area contributed by atoms with Crippen LogP contribution in [0.2, 0.25) is 0 Å². The molecule has 1 aliphatic rings. The summed E-state index contributed by atoms with van der Waals surface area (Å²) in [5, 5.41) is 19.6. The lowest BCUT2D eigenvalue weighted by Crippen LogP contribution is -2.41. The average molecular weight is 371 g/mol. The highest BCUT2D eigenvalue weighted by molar-refractivity contribution is 9.10. The molecule has 1 amide bonds. The number of hydrogen-bond donors (Lipinski definition) is 1. The topological polar surface area (TPSA) is 101 Å². The Bertz CT molecular complexity index is 611. The molecule has 1 aromatic carbocycles. The first-order valence-corrected chi connectivity index (χ1v) is 7.61. The van der Waals surface area contributed by atoms with Crippen molar-refractivity contribution in [3.8, 4) is 0 Å². The van der Waals surface area contributed by atoms with E-state index in [-0.39, 0.29) is 23.9 Å². The molecule has 0 atom stereocenters. The summed E-state index contributed by atoms with van der Waals surface area (Å²) in [6.45, 7) is 0.862. The predicted octanol–water partition coefficient (Wildman–Crippen LogP) is 2.22. The van der Waals surface area contributed by atoms with Gasteiger partial charge in [0.1, 0.15) is 0 Å². The SMILES string of the molecule is O=C(O)C1CCN(C(=O)Cc2ccc([N+](=O)[O-])cc2Br)CC1. The van der Waals surface area contributed by atoms with Gasteiger partial charge in [0.15, 0.2) is 0 Å². The molecule has 118 valence electrons. The normalized spacial score (nSPS) is 15.6. The number of halogens is 1. The van der Waals surface area contributed by atoms with Crippen LogP contribution >= 0.6 is 15.9 Å². The number of likely N-dealkylation sites (tertiary alicyclic amines) is 1. The minimum Gasteiger partial charge on any atom is -0.481 e. The van der Waals surface area contributed by atoms with Crippen LogP contribution in [0.5, 0.6) is 0 Å². The van der Waals surface area contributed by atoms with Gasteiger partial charge in [0, 0.05) is 29.7 Å². The molecule has 0 unspecified atom stereocenters. The summed E-state index contributed by atoms with van der Waals surface area (Å²) in [6, 6.07) is 4.30. The molecule has 1 aliphatic heterocycles. The fourth-order valence-corrected chi connectivity index (χ4v) is 2.95. The molecule has 0 spiro atoms. The van der Waals surface area contributed by atoms with Crippen molar-refractivity contribution in [3.63, 3.8) is 0 Å². The number of benzene rings is 1. The zero-order valence-corrected chi connectivity index (χ0v) is 13.3. The highest BCUT2D eigenvalue weighted by Crippen LogP contribution is 2.24. The van der Waals surface area contributed by atoms with Gasteiger partial charge in [0.2, 0.25) is 5.91 Å². The van der Waals surface area contributed by atoms with Crippen LogP contribution in [0.15, 0.2) is 22.7 Å². The summed E-state index contributed by atoms with van der Waals surface area (Å²) in [5.41, 5.74) is 0.640. The van der Waals surface area contributed by atoms with E-state index in [9.17, 15) is 19.7 Å². The summed E-state index contributed by atoms with van der Waals surface area (Å²) in [6.07, 6.45) is 1.06. The van der Waals surface area contributed by atoms with Crippen LogP contribution in [0.4, 0.5) is 5.69 Å². The summed E-state index contributed by atoms with van der Waals surface area (Å²) >= 11 is 3.24. The molecule has 1 fully saturated rings. The molecule has 0 saturated carbocycles. The van der Waals surface area contributed by atoms with E-state index in [2.05, 4.69) is 15.9 Å². The minimum atomic E-state index is -0.815. The number of piperidine rings is 1. The molecule has 1 aromatic rings. The minimum absolute atomic E-state index is 0.0367. The molecule has 1 N–H and O–H groups in total. The van der Waals surface area contributed by atoms with Gasteiger partial charge in [-0.3, -0.25) is 19.7 Å². The van der Waals surface area contributed by atoms with Gasteiger partial charge in [-0.25, -0.2) is 0 Å². The van der Waals surface area contributed by atoms with E-state index in [1.807, 2.05) is 0 Å². The maximum atomic E-state index is 12.2. The van der Waals surface area contributed by atoms with Crippen molar-refractivity contribution in [2.24, 2.45) is 5.92 Å². The van der Waals surface area contributed by atoms with Crippen LogP contribution in [0, 0.1) is 16.0 Å². The monoisotopic (exact) mass is 370 g/mol. The Kier molecular flexibility index (Phi) is 5.12. The van der Waals surface area contributed by atoms with Gasteiger partial charge >= 0.3 is 5.97 Å². The Morgan fingerprint density at radius 3 is 2.50 bits per heavy atom. The van der Waals surface area contributed by atoms with Crippen LogP contribution in [-0.2, 0) is 16.0 Å². The molecule has 22 heavy (non-hydrogen) atoms. The average Bonchev–Trinajstić information content (AvgIpc) is 2.49. The highest BCUT2D eigenvalue weighted by Gasteiger charge is 2.27. The molecule has 0 radical (unpaired) electrons. The molecule has 1 heterocycles. The number of aliphatic carboxylic acids is 1. The van der Waals surface area contributed by atoms with E-state index in [1.165, 1.54) is 12.1 Å². The zero-order chi connectivity index (χ0) is 16.3. The van der Waals surface area contributed by atoms with Crippen molar-refractivity contribution in [2.45, 2.75) is 19.3 Å². The lowest BCUT2D eigenvalue weighted by molar-refractivity contribution is -0.384. The zero-order valence-electron chi connectivity index (χ0n) is 11.7. The Hall–Kier alpha value is -1.96. The second-order valence-electron chi connectivity index (χ2n) is 5.20. The van der Waals surface area contributed by atoms with Crippen LogP contribution in [0.3, 0.4) is 0 Å². The Balaban J connectivity index is 1.98. The summed E-state index contributed by atoms with van der Waals surface area (Å²) < 4.78 is 0.524. The van der Waals surface area contributed by atoms with Crippen molar-refractivity contribution in [3.05, 3.63) is 38.3 Å². The van der Waals surface area contributed by atoms with Gasteiger partial charge in [-0.15, -0.1) is 0 Å². The van der Waals surface area contributed by atoms with E-state index in [1.54, 1.807) is 11.0 Å². The Morgan fingerprint density at radius 2 is 2.00 bits per heavy atom. The molecular formula is C14H15BrN2O5. The number of nitro benzene ring substituents is 1. The number of amides is 1. The molecule has 0 aromatic heterocycles. The third kappa shape index (κ3) is 3.82. The van der Waals surface area contributed by atoms with E-state index in [0.717, 1.165) is 0 Å². The number of hydrogen-bond acceptors (Lipinski definition) is 4. The number of carboxylic acid groups (broad SMARTS) is 1. The third-order valence-electron chi connectivity index (χ3n) is 3.79. The van der Waals surface area contributed by atoms with E-state index in [4.69, 9.17) is 5.11 Å². The van der Waals surface area contributed by atoms with Gasteiger partial charge in [0.05, 0.1) is 17.3 Å². The van der Waals surface area contributed by atoms with Crippen molar-refractivity contribution in [2.75, 3.05) is 13.1 Å². The smallest absolute Gasteiger partial charge is 0.306 e. The Labute approximate surface area is 135 Å². The van der Waals surface area contributed by atoms with Crippen molar-refractivity contribution >= 4 is 33.5 Å². The van der Waals surface area contributed by atoms with Crippen molar-refractivity contribution in [1.29, 1.82) is 0 Å². The number of carbonyl (C=O) groups is 2. The molecule has 0 bridgehead atoms. The van der Waals surface area contributed by atoms with Crippen molar-refractivity contribution in [1.82, 2.24) is 4.90 Å². The van der Waals surface area contributed by atoms with E-state index in [0.29, 0.717) is 36.0 Å². The summed E-state index contributed by atoms with van der Waals surface area (Å²) in [7, 11) is 0. The van der Waals surface area contributed by atoms with Crippen LogP contribution in [0.25, 0.3) is 0 Å². The summed E-state index contributed by atoms with van der Waals surface area (Å²) in [5.74, 6) is -1.29. The van der Waals surface area contributed by atoms with Gasteiger partial charge in [-0.2, -0.15) is 0 Å². The van der Waals surface area contributed by atoms with Gasteiger partial charge in [-0.1, -0.05) is 22.0 Å². The second kappa shape index (κ2) is 6.87. The molecular weight excluding hydrogens is 356 g/mol. The summed E-state index contributed by atoms with van der Waals surface area (Å²) in [4.78, 5) is 35.0. The Morgan fingerprint density at radius 1 is 1.36 bits per heavy atom. The first-order valence-electron chi connectivity index (χ1n) is 6.82. The standard InChI is InChI=1S/C14H15BrN2O5/c15-12-8-11(17(21)22)2-1-10(12)7-13(18)16-5-3-9(4-6-16)14(19)20/h1-2,8-9H,3-7H2,(H,19,20). The molecule has 7 nitrogen and oxygen atoms in total. The lowest BCUT2D eigenvalue weighted by atomic mass is 9.96. The number of nitrogens with zero attached hydrogens (tertiary/aromatic N) is 2. The molecule has 2 rings (SSSR count). The van der Waals surface area contributed by atoms with Gasteiger partial charge < -0.3 is 10.0 Å². The number of nitro groups is 1. The molecule has 8 heteroatoms. The van der Waals surface area contributed by atoms with E-state index >= 15 is 0 Å². The van der Waals surface area contributed by atoms with Crippen LogP contribution in [-0.4, -0.2) is 39.9 Å². The van der Waals surface area contributed by atoms with E-state index < -0.39 is 10.9 Å². The first kappa shape index (κ1) is 16.4. The number of rotatable bonds is 4. The van der Waals surface area contributed by atoms with Crippen LogP contribution in [0.1, 0.15) is 18.4 Å². The second-order valence-corrected chi connectivity index (χ2v) is 6.06. The quantitative estimate of drug-likeness (QED) is 0.646. The van der Waals surface area contributed by atoms with Crippen molar-refractivity contribution < 1.29 is 19.6 Å². The number of carboxylic acids is 1. The predicted molar refractivity (Wildman–Crippen MR) is 81.4 cm³/mol. The maximum Gasteiger partial charge on any atom is 0.306 e. The van der Waals surface area contributed by atoms with Crippen LogP contribution < -0.4 is 0 Å². The lowest BCUT2D eigenvalue weighted by Gasteiger charge is -2.30. The number of carbonyl (C=O) groups excluding carboxylic acids is 1. The largest absolute Gasteiger partial charge is 0.481 e. The third-order valence-corrected chi connectivity index (χ3v) is 4.52. The maximum absolute atomic E-state index is 12.2.